The van der Waals surface area contributed by atoms with Gasteiger partial charge in [0, 0.05) is 23.9 Å². The quantitative estimate of drug-likeness (QED) is 0.888. The monoisotopic (exact) mass is 274 g/mol. The minimum atomic E-state index is -0.389. The molecule has 0 unspecified atom stereocenters. The summed E-state index contributed by atoms with van der Waals surface area (Å²) in [6, 6.07) is 7.78. The van der Waals surface area contributed by atoms with Crippen LogP contribution in [0.3, 0.4) is 0 Å². The summed E-state index contributed by atoms with van der Waals surface area (Å²) in [6.07, 6.45) is 1.42. The Labute approximate surface area is 115 Å². The van der Waals surface area contributed by atoms with Gasteiger partial charge in [-0.05, 0) is 18.2 Å². The molecular weight excluding hydrogens is 260 g/mol. The predicted molar refractivity (Wildman–Crippen MR) is 74.6 cm³/mol. The number of anilines is 1. The SMILES string of the molecule is COc1ccc(NC(=O)c2cc[nH]c(=O)c2)c(OC)c1. The standard InChI is InChI=1S/C14H14N2O4/c1-19-10-3-4-11(12(8-10)20-2)16-14(18)9-5-6-15-13(17)7-9/h3-8H,1-2H3,(H,15,17)(H,16,18). The maximum absolute atomic E-state index is 12.0. The molecule has 6 heteroatoms. The topological polar surface area (TPSA) is 80.4 Å². The molecule has 0 aliphatic rings. The van der Waals surface area contributed by atoms with E-state index in [0.29, 0.717) is 17.2 Å². The highest BCUT2D eigenvalue weighted by molar-refractivity contribution is 6.04. The third-order valence-corrected chi connectivity index (χ3v) is 2.69. The van der Waals surface area contributed by atoms with Crippen LogP contribution in [0.1, 0.15) is 10.4 Å². The molecule has 2 N–H and O–H groups in total. The van der Waals surface area contributed by atoms with Crippen LogP contribution in [0.4, 0.5) is 5.69 Å². The number of rotatable bonds is 4. The number of ether oxygens (including phenoxy) is 2. The van der Waals surface area contributed by atoms with Gasteiger partial charge in [0.1, 0.15) is 11.5 Å². The van der Waals surface area contributed by atoms with Crippen molar-refractivity contribution in [3.8, 4) is 11.5 Å². The molecule has 1 amide bonds. The van der Waals surface area contributed by atoms with Crippen molar-refractivity contribution >= 4 is 11.6 Å². The highest BCUT2D eigenvalue weighted by atomic mass is 16.5. The number of H-pyrrole nitrogens is 1. The lowest BCUT2D eigenvalue weighted by Crippen LogP contribution is -2.16. The van der Waals surface area contributed by atoms with Crippen LogP contribution >= 0.6 is 0 Å². The van der Waals surface area contributed by atoms with Gasteiger partial charge in [-0.15, -0.1) is 0 Å². The summed E-state index contributed by atoms with van der Waals surface area (Å²) in [4.78, 5) is 25.7. The van der Waals surface area contributed by atoms with Crippen LogP contribution in [-0.2, 0) is 0 Å². The molecule has 0 saturated heterocycles. The number of methoxy groups -OCH3 is 2. The third-order valence-electron chi connectivity index (χ3n) is 2.69. The number of amides is 1. The maximum atomic E-state index is 12.0. The molecule has 20 heavy (non-hydrogen) atoms. The molecule has 0 aliphatic carbocycles. The number of hydrogen-bond acceptors (Lipinski definition) is 4. The molecule has 0 atom stereocenters. The third kappa shape index (κ3) is 2.97. The highest BCUT2D eigenvalue weighted by Gasteiger charge is 2.11. The molecule has 0 bridgehead atoms. The van der Waals surface area contributed by atoms with Gasteiger partial charge in [0.15, 0.2) is 0 Å². The van der Waals surface area contributed by atoms with E-state index in [4.69, 9.17) is 9.47 Å². The van der Waals surface area contributed by atoms with Gasteiger partial charge in [-0.2, -0.15) is 0 Å². The van der Waals surface area contributed by atoms with E-state index in [-0.39, 0.29) is 17.0 Å². The zero-order valence-corrected chi connectivity index (χ0v) is 11.1. The first-order chi connectivity index (χ1) is 9.63. The number of aromatic amines is 1. The van der Waals surface area contributed by atoms with Gasteiger partial charge in [0.25, 0.3) is 5.91 Å². The molecule has 0 fully saturated rings. The van der Waals surface area contributed by atoms with Gasteiger partial charge in [-0.3, -0.25) is 9.59 Å². The fourth-order valence-corrected chi connectivity index (χ4v) is 1.68. The smallest absolute Gasteiger partial charge is 0.256 e. The van der Waals surface area contributed by atoms with E-state index in [0.717, 1.165) is 0 Å². The number of carbonyl (C=O) groups is 1. The molecule has 1 aromatic heterocycles. The maximum Gasteiger partial charge on any atom is 0.256 e. The number of benzene rings is 1. The van der Waals surface area contributed by atoms with Gasteiger partial charge in [0.05, 0.1) is 19.9 Å². The molecule has 1 heterocycles. The van der Waals surface area contributed by atoms with Crippen molar-refractivity contribution in [1.29, 1.82) is 0 Å². The Kier molecular flexibility index (Phi) is 4.05. The van der Waals surface area contributed by atoms with E-state index >= 15 is 0 Å². The van der Waals surface area contributed by atoms with Crippen LogP contribution in [0.15, 0.2) is 41.3 Å². The molecule has 0 aliphatic heterocycles. The summed E-state index contributed by atoms with van der Waals surface area (Å²) < 4.78 is 10.3. The summed E-state index contributed by atoms with van der Waals surface area (Å²) in [5, 5.41) is 2.68. The molecule has 0 radical (unpaired) electrons. The highest BCUT2D eigenvalue weighted by Crippen LogP contribution is 2.29. The second-order valence-corrected chi connectivity index (χ2v) is 3.96. The summed E-state index contributed by atoms with van der Waals surface area (Å²) in [5.41, 5.74) is 0.435. The summed E-state index contributed by atoms with van der Waals surface area (Å²) in [6.45, 7) is 0. The van der Waals surface area contributed by atoms with Gasteiger partial charge in [-0.1, -0.05) is 0 Å². The molecule has 0 spiro atoms. The first-order valence-electron chi connectivity index (χ1n) is 5.86. The number of carbonyl (C=O) groups excluding carboxylic acids is 1. The molecule has 104 valence electrons. The van der Waals surface area contributed by atoms with Crippen LogP contribution in [0.5, 0.6) is 11.5 Å². The summed E-state index contributed by atoms with van der Waals surface area (Å²) >= 11 is 0. The zero-order chi connectivity index (χ0) is 14.5. The van der Waals surface area contributed by atoms with Crippen molar-refractivity contribution < 1.29 is 14.3 Å². The lowest BCUT2D eigenvalue weighted by molar-refractivity contribution is 0.102. The molecular formula is C14H14N2O4. The van der Waals surface area contributed by atoms with Crippen molar-refractivity contribution in [2.45, 2.75) is 0 Å². The van der Waals surface area contributed by atoms with Gasteiger partial charge < -0.3 is 19.8 Å². The molecule has 6 nitrogen and oxygen atoms in total. The number of aromatic nitrogens is 1. The van der Waals surface area contributed by atoms with Crippen molar-refractivity contribution in [3.05, 3.63) is 52.4 Å². The summed E-state index contributed by atoms with van der Waals surface area (Å²) in [5.74, 6) is 0.707. The lowest BCUT2D eigenvalue weighted by atomic mass is 10.2. The zero-order valence-electron chi connectivity index (χ0n) is 11.1. The number of nitrogens with one attached hydrogen (secondary N) is 2. The van der Waals surface area contributed by atoms with E-state index in [1.165, 1.54) is 25.4 Å². The van der Waals surface area contributed by atoms with Crippen LogP contribution in [0.25, 0.3) is 0 Å². The minimum Gasteiger partial charge on any atom is -0.497 e. The van der Waals surface area contributed by atoms with Crippen molar-refractivity contribution in [3.63, 3.8) is 0 Å². The van der Waals surface area contributed by atoms with Crippen LogP contribution in [0, 0.1) is 0 Å². The first kappa shape index (κ1) is 13.7. The number of pyridine rings is 1. The van der Waals surface area contributed by atoms with Crippen LogP contribution in [0.2, 0.25) is 0 Å². The fraction of sp³-hybridized carbons (Fsp3) is 0.143. The Morgan fingerprint density at radius 2 is 1.95 bits per heavy atom. The average molecular weight is 274 g/mol. The Balaban J connectivity index is 2.25. The Hall–Kier alpha value is -2.76. The second-order valence-electron chi connectivity index (χ2n) is 3.96. The second kappa shape index (κ2) is 5.92. The number of hydrogen-bond donors (Lipinski definition) is 2. The molecule has 1 aromatic carbocycles. The van der Waals surface area contributed by atoms with E-state index in [2.05, 4.69) is 10.3 Å². The summed E-state index contributed by atoms with van der Waals surface area (Å²) in [7, 11) is 3.04. The van der Waals surface area contributed by atoms with E-state index in [9.17, 15) is 9.59 Å². The molecule has 0 saturated carbocycles. The Morgan fingerprint density at radius 1 is 1.15 bits per heavy atom. The van der Waals surface area contributed by atoms with Crippen LogP contribution < -0.4 is 20.3 Å². The Morgan fingerprint density at radius 3 is 2.60 bits per heavy atom. The van der Waals surface area contributed by atoms with E-state index < -0.39 is 0 Å². The van der Waals surface area contributed by atoms with Gasteiger partial charge >= 0.3 is 0 Å². The Bertz CT molecular complexity index is 679. The normalized spacial score (nSPS) is 9.90. The lowest BCUT2D eigenvalue weighted by Gasteiger charge is -2.11. The minimum absolute atomic E-state index is 0.270. The molecule has 2 aromatic rings. The van der Waals surface area contributed by atoms with Crippen molar-refractivity contribution in [2.24, 2.45) is 0 Å². The van der Waals surface area contributed by atoms with Crippen molar-refractivity contribution in [2.75, 3.05) is 19.5 Å². The largest absolute Gasteiger partial charge is 0.497 e. The first-order valence-corrected chi connectivity index (χ1v) is 5.86. The predicted octanol–water partition coefficient (Wildman–Crippen LogP) is 1.64. The van der Waals surface area contributed by atoms with E-state index in [1.807, 2.05) is 0 Å². The van der Waals surface area contributed by atoms with Crippen molar-refractivity contribution in [1.82, 2.24) is 4.98 Å². The fourth-order valence-electron chi connectivity index (χ4n) is 1.68. The van der Waals surface area contributed by atoms with Gasteiger partial charge in [-0.25, -0.2) is 0 Å². The average Bonchev–Trinajstić information content (AvgIpc) is 2.47. The van der Waals surface area contributed by atoms with Gasteiger partial charge in [0.2, 0.25) is 5.56 Å². The molecule has 2 rings (SSSR count). The van der Waals surface area contributed by atoms with Crippen LogP contribution in [-0.4, -0.2) is 25.1 Å². The van der Waals surface area contributed by atoms with E-state index in [1.54, 1.807) is 25.3 Å².